The number of halogens is 5. The molecule has 0 amide bonds. The topological polar surface area (TPSA) is 59.3 Å². The van der Waals surface area contributed by atoms with Crippen LogP contribution in [0.25, 0.3) is 0 Å². The molecule has 120 valence electrons. The summed E-state index contributed by atoms with van der Waals surface area (Å²) in [6, 6.07) is 2.98. The summed E-state index contributed by atoms with van der Waals surface area (Å²) < 4.78 is 72.2. The van der Waals surface area contributed by atoms with Crippen LogP contribution in [0.5, 0.6) is 5.75 Å². The lowest BCUT2D eigenvalue weighted by Gasteiger charge is -2.18. The van der Waals surface area contributed by atoms with Crippen LogP contribution in [0.4, 0.5) is 22.0 Å². The van der Waals surface area contributed by atoms with E-state index in [2.05, 4.69) is 9.47 Å². The molecule has 0 saturated heterocycles. The molecule has 0 unspecified atom stereocenters. The summed E-state index contributed by atoms with van der Waals surface area (Å²) >= 11 is 0. The van der Waals surface area contributed by atoms with E-state index in [4.69, 9.17) is 5.26 Å². The van der Waals surface area contributed by atoms with Crippen molar-refractivity contribution < 1.29 is 36.2 Å². The molecule has 1 aromatic carbocycles. The number of rotatable bonds is 5. The molecule has 0 fully saturated rings. The Morgan fingerprint density at radius 2 is 2.00 bits per heavy atom. The normalized spacial score (nSPS) is 11.2. The Hall–Kier alpha value is -2.37. The van der Waals surface area contributed by atoms with Gasteiger partial charge in [0.2, 0.25) is 0 Å². The Bertz CT molecular complexity index is 593. The van der Waals surface area contributed by atoms with Crippen LogP contribution in [0, 0.1) is 11.3 Å². The minimum absolute atomic E-state index is 0.0741. The number of alkyl halides is 5. The number of nitrogens with zero attached hydrogens (tertiary/aromatic N) is 1. The fraction of sp³-hybridized carbons (Fsp3) is 0.385. The first kappa shape index (κ1) is 17.7. The van der Waals surface area contributed by atoms with Crippen molar-refractivity contribution in [2.45, 2.75) is 26.1 Å². The van der Waals surface area contributed by atoms with Crippen molar-refractivity contribution in [1.29, 1.82) is 5.26 Å². The molecule has 0 aromatic heterocycles. The van der Waals surface area contributed by atoms with E-state index in [0.717, 1.165) is 6.07 Å². The van der Waals surface area contributed by atoms with Gasteiger partial charge < -0.3 is 9.47 Å². The molecular formula is C13H10F5NO3. The highest BCUT2D eigenvalue weighted by atomic mass is 19.4. The number of carbonyl (C=O) groups is 1. The van der Waals surface area contributed by atoms with Gasteiger partial charge in [-0.05, 0) is 24.6 Å². The van der Waals surface area contributed by atoms with E-state index in [-0.39, 0.29) is 6.61 Å². The maximum Gasteiger partial charge on any atom is 0.420 e. The van der Waals surface area contributed by atoms with Gasteiger partial charge in [-0.3, -0.25) is 4.79 Å². The SMILES string of the molecule is CCOC(=O)Cc1c(C#N)ccc(OC(F)F)c1C(F)(F)F. The minimum atomic E-state index is -5.08. The number of benzene rings is 1. The predicted molar refractivity (Wildman–Crippen MR) is 63.1 cm³/mol. The van der Waals surface area contributed by atoms with Crippen LogP contribution in [0.1, 0.15) is 23.6 Å². The maximum atomic E-state index is 13.1. The fourth-order valence-electron chi connectivity index (χ4n) is 1.78. The molecule has 4 nitrogen and oxygen atoms in total. The molecule has 1 rings (SSSR count). The zero-order valence-corrected chi connectivity index (χ0v) is 11.2. The summed E-state index contributed by atoms with van der Waals surface area (Å²) in [4.78, 5) is 11.4. The van der Waals surface area contributed by atoms with E-state index in [1.165, 1.54) is 13.0 Å². The molecule has 0 bridgehead atoms. The molecule has 22 heavy (non-hydrogen) atoms. The number of ether oxygens (including phenoxy) is 2. The molecule has 1 aromatic rings. The molecule has 0 radical (unpaired) electrons. The van der Waals surface area contributed by atoms with Crippen molar-refractivity contribution in [2.24, 2.45) is 0 Å². The molecule has 0 saturated carbocycles. The van der Waals surface area contributed by atoms with E-state index in [1.807, 2.05) is 0 Å². The van der Waals surface area contributed by atoms with E-state index in [1.54, 1.807) is 0 Å². The monoisotopic (exact) mass is 323 g/mol. The molecule has 0 N–H and O–H groups in total. The number of nitriles is 1. The van der Waals surface area contributed by atoms with Gasteiger partial charge in [-0.2, -0.15) is 27.2 Å². The molecule has 0 aliphatic heterocycles. The summed E-state index contributed by atoms with van der Waals surface area (Å²) in [5.74, 6) is -2.17. The van der Waals surface area contributed by atoms with Crippen molar-refractivity contribution in [3.8, 4) is 11.8 Å². The zero-order valence-electron chi connectivity index (χ0n) is 11.2. The van der Waals surface area contributed by atoms with Gasteiger partial charge >= 0.3 is 18.8 Å². The number of hydrogen-bond acceptors (Lipinski definition) is 4. The second-order valence-corrected chi connectivity index (χ2v) is 3.93. The lowest BCUT2D eigenvalue weighted by molar-refractivity contribution is -0.144. The van der Waals surface area contributed by atoms with Crippen molar-refractivity contribution >= 4 is 5.97 Å². The average Bonchev–Trinajstić information content (AvgIpc) is 2.37. The van der Waals surface area contributed by atoms with Gasteiger partial charge in [-0.1, -0.05) is 0 Å². The third-order valence-electron chi connectivity index (χ3n) is 2.52. The van der Waals surface area contributed by atoms with Crippen LogP contribution in [-0.2, 0) is 22.1 Å². The van der Waals surface area contributed by atoms with Crippen molar-refractivity contribution in [3.63, 3.8) is 0 Å². The van der Waals surface area contributed by atoms with Crippen LogP contribution in [0.3, 0.4) is 0 Å². The van der Waals surface area contributed by atoms with Crippen molar-refractivity contribution in [3.05, 3.63) is 28.8 Å². The third kappa shape index (κ3) is 4.31. The summed E-state index contributed by atoms with van der Waals surface area (Å²) in [6.07, 6.45) is -5.97. The average molecular weight is 323 g/mol. The van der Waals surface area contributed by atoms with E-state index in [0.29, 0.717) is 6.07 Å². The van der Waals surface area contributed by atoms with Crippen molar-refractivity contribution in [2.75, 3.05) is 6.61 Å². The van der Waals surface area contributed by atoms with Crippen LogP contribution >= 0.6 is 0 Å². The molecule has 0 aliphatic carbocycles. The van der Waals surface area contributed by atoms with E-state index < -0.39 is 47.6 Å². The smallest absolute Gasteiger partial charge is 0.420 e. The van der Waals surface area contributed by atoms with Gasteiger partial charge in [0.1, 0.15) is 11.3 Å². The van der Waals surface area contributed by atoms with Gasteiger partial charge in [-0.25, -0.2) is 0 Å². The quantitative estimate of drug-likeness (QED) is 0.616. The van der Waals surface area contributed by atoms with Gasteiger partial charge in [0.15, 0.2) is 0 Å². The van der Waals surface area contributed by atoms with Crippen LogP contribution in [0.2, 0.25) is 0 Å². The number of carbonyl (C=O) groups excluding carboxylic acids is 1. The van der Waals surface area contributed by atoms with Crippen molar-refractivity contribution in [1.82, 2.24) is 0 Å². The Morgan fingerprint density at radius 1 is 1.36 bits per heavy atom. The number of esters is 1. The first-order valence-electron chi connectivity index (χ1n) is 5.94. The second kappa shape index (κ2) is 7.06. The van der Waals surface area contributed by atoms with Gasteiger partial charge in [-0.15, -0.1) is 0 Å². The molecule has 0 atom stereocenters. The van der Waals surface area contributed by atoms with Crippen LogP contribution in [0.15, 0.2) is 12.1 Å². The maximum absolute atomic E-state index is 13.1. The van der Waals surface area contributed by atoms with Crippen LogP contribution < -0.4 is 4.74 Å². The third-order valence-corrected chi connectivity index (χ3v) is 2.52. The van der Waals surface area contributed by atoms with Gasteiger partial charge in [0, 0.05) is 0 Å². The molecular weight excluding hydrogens is 313 g/mol. The Morgan fingerprint density at radius 3 is 2.45 bits per heavy atom. The zero-order chi connectivity index (χ0) is 16.9. The number of hydrogen-bond donors (Lipinski definition) is 0. The van der Waals surface area contributed by atoms with Gasteiger partial charge in [0.05, 0.1) is 24.7 Å². The predicted octanol–water partition coefficient (Wildman–Crippen LogP) is 3.28. The first-order valence-corrected chi connectivity index (χ1v) is 5.94. The standard InChI is InChI=1S/C13H10F5NO3/c1-2-21-10(20)5-8-7(6-19)3-4-9(22-12(14)15)11(8)13(16,17)18/h3-4,12H,2,5H2,1H3. The van der Waals surface area contributed by atoms with Gasteiger partial charge in [0.25, 0.3) is 0 Å². The van der Waals surface area contributed by atoms with E-state index in [9.17, 15) is 26.7 Å². The largest absolute Gasteiger partial charge is 0.466 e. The highest BCUT2D eigenvalue weighted by molar-refractivity contribution is 5.75. The molecule has 0 spiro atoms. The highest BCUT2D eigenvalue weighted by Crippen LogP contribution is 2.41. The summed E-state index contributed by atoms with van der Waals surface area (Å²) in [5.41, 5.74) is -2.81. The lowest BCUT2D eigenvalue weighted by atomic mass is 9.97. The van der Waals surface area contributed by atoms with Crippen LogP contribution in [-0.4, -0.2) is 19.2 Å². The molecule has 0 aliphatic rings. The Kier molecular flexibility index (Phi) is 5.68. The second-order valence-electron chi connectivity index (χ2n) is 3.93. The first-order chi connectivity index (χ1) is 10.2. The minimum Gasteiger partial charge on any atom is -0.466 e. The molecule has 0 heterocycles. The molecule has 9 heteroatoms. The highest BCUT2D eigenvalue weighted by Gasteiger charge is 2.39. The lowest BCUT2D eigenvalue weighted by Crippen LogP contribution is -2.18. The fourth-order valence-corrected chi connectivity index (χ4v) is 1.78. The van der Waals surface area contributed by atoms with E-state index >= 15 is 0 Å². The Balaban J connectivity index is 3.47. The Labute approximate surface area is 122 Å². The summed E-state index contributed by atoms with van der Waals surface area (Å²) in [5, 5.41) is 8.87. The summed E-state index contributed by atoms with van der Waals surface area (Å²) in [6.45, 7) is -2.11. The summed E-state index contributed by atoms with van der Waals surface area (Å²) in [7, 11) is 0.